The first-order valence-electron chi connectivity index (χ1n) is 6.21. The van der Waals surface area contributed by atoms with Crippen molar-refractivity contribution < 1.29 is 4.74 Å². The predicted molar refractivity (Wildman–Crippen MR) is 79.2 cm³/mol. The maximum absolute atomic E-state index is 5.98. The summed E-state index contributed by atoms with van der Waals surface area (Å²) < 4.78 is 7.14. The fourth-order valence-electron chi connectivity index (χ4n) is 2.84. The zero-order chi connectivity index (χ0) is 12.8. The Hall–Kier alpha value is 0.690. The van der Waals surface area contributed by atoms with Crippen LogP contribution in [0.25, 0.3) is 0 Å². The van der Waals surface area contributed by atoms with Gasteiger partial charge in [-0.3, -0.25) is 0 Å². The summed E-state index contributed by atoms with van der Waals surface area (Å²) in [6, 6.07) is 0. The number of epoxide rings is 1. The van der Waals surface area contributed by atoms with Crippen LogP contribution in [0.15, 0.2) is 0 Å². The first kappa shape index (κ1) is 14.7. The third kappa shape index (κ3) is 3.59. The highest BCUT2D eigenvalue weighted by atomic mass is 127. The van der Waals surface area contributed by atoms with Gasteiger partial charge in [-0.1, -0.05) is 71.1 Å². The van der Waals surface area contributed by atoms with E-state index in [1.165, 1.54) is 6.42 Å². The second-order valence-electron chi connectivity index (χ2n) is 7.83. The van der Waals surface area contributed by atoms with E-state index < -0.39 is 0 Å². The number of rotatable bonds is 4. The Balaban J connectivity index is 2.62. The molecule has 2 heteroatoms. The highest BCUT2D eigenvalue weighted by Gasteiger charge is 2.56. The molecular formula is C14H27IO. The second-order valence-corrected chi connectivity index (χ2v) is 8.59. The lowest BCUT2D eigenvalue weighted by Crippen LogP contribution is -2.32. The smallest absolute Gasteiger partial charge is 0.0905 e. The van der Waals surface area contributed by atoms with Crippen molar-refractivity contribution in [1.82, 2.24) is 0 Å². The molecule has 1 fully saturated rings. The molecule has 0 spiro atoms. The van der Waals surface area contributed by atoms with E-state index in [9.17, 15) is 0 Å². The van der Waals surface area contributed by atoms with Gasteiger partial charge in [-0.2, -0.15) is 0 Å². The van der Waals surface area contributed by atoms with E-state index in [2.05, 4.69) is 71.1 Å². The minimum atomic E-state index is 0.298. The third-order valence-electron chi connectivity index (χ3n) is 3.36. The van der Waals surface area contributed by atoms with E-state index in [0.717, 1.165) is 4.43 Å². The van der Waals surface area contributed by atoms with E-state index in [4.69, 9.17) is 4.74 Å². The van der Waals surface area contributed by atoms with Crippen molar-refractivity contribution in [2.75, 3.05) is 4.43 Å². The van der Waals surface area contributed by atoms with Crippen molar-refractivity contribution in [2.24, 2.45) is 16.2 Å². The average Bonchev–Trinajstić information content (AvgIpc) is 2.78. The van der Waals surface area contributed by atoms with Gasteiger partial charge in [0.2, 0.25) is 0 Å². The maximum Gasteiger partial charge on any atom is 0.0905 e. The van der Waals surface area contributed by atoms with Crippen molar-refractivity contribution in [3.63, 3.8) is 0 Å². The zero-order valence-corrected chi connectivity index (χ0v) is 14.0. The number of hydrogen-bond donors (Lipinski definition) is 0. The Labute approximate surface area is 115 Å². The molecule has 1 nitrogen and oxygen atoms in total. The number of alkyl halides is 1. The van der Waals surface area contributed by atoms with Gasteiger partial charge in [-0.25, -0.2) is 0 Å². The van der Waals surface area contributed by atoms with Crippen molar-refractivity contribution >= 4 is 22.6 Å². The van der Waals surface area contributed by atoms with Crippen molar-refractivity contribution in [2.45, 2.75) is 67.1 Å². The Morgan fingerprint density at radius 3 is 1.69 bits per heavy atom. The van der Waals surface area contributed by atoms with Crippen LogP contribution in [0.2, 0.25) is 0 Å². The molecule has 0 aromatic carbocycles. The van der Waals surface area contributed by atoms with Crippen LogP contribution in [0.1, 0.15) is 54.9 Å². The summed E-state index contributed by atoms with van der Waals surface area (Å²) in [4.78, 5) is 0. The molecule has 0 aliphatic carbocycles. The fourth-order valence-corrected chi connectivity index (χ4v) is 3.28. The molecule has 2 unspecified atom stereocenters. The van der Waals surface area contributed by atoms with E-state index >= 15 is 0 Å². The number of halogens is 1. The molecule has 96 valence electrons. The first-order valence-corrected chi connectivity index (χ1v) is 7.74. The van der Waals surface area contributed by atoms with E-state index in [1.807, 2.05) is 0 Å². The largest absolute Gasteiger partial charge is 0.368 e. The van der Waals surface area contributed by atoms with Gasteiger partial charge in [0.05, 0.1) is 12.2 Å². The highest BCUT2D eigenvalue weighted by molar-refractivity contribution is 14.1. The number of ether oxygens (including phenoxy) is 1. The average molecular weight is 338 g/mol. The summed E-state index contributed by atoms with van der Waals surface area (Å²) in [5.41, 5.74) is 1.00. The minimum absolute atomic E-state index is 0.298. The van der Waals surface area contributed by atoms with Crippen LogP contribution >= 0.6 is 22.6 Å². The van der Waals surface area contributed by atoms with Crippen molar-refractivity contribution in [1.29, 1.82) is 0 Å². The summed E-state index contributed by atoms with van der Waals surface area (Å²) in [7, 11) is 0. The summed E-state index contributed by atoms with van der Waals surface area (Å²) in [5, 5.41) is 0. The fraction of sp³-hybridized carbons (Fsp3) is 1.00. The van der Waals surface area contributed by atoms with Crippen LogP contribution in [0.4, 0.5) is 0 Å². The molecule has 1 rings (SSSR count). The molecule has 2 atom stereocenters. The molecule has 0 radical (unpaired) electrons. The van der Waals surface area contributed by atoms with Crippen molar-refractivity contribution in [3.05, 3.63) is 0 Å². The van der Waals surface area contributed by atoms with E-state index in [1.54, 1.807) is 0 Å². The van der Waals surface area contributed by atoms with Crippen LogP contribution in [-0.2, 0) is 4.74 Å². The Kier molecular flexibility index (Phi) is 4.07. The summed E-state index contributed by atoms with van der Waals surface area (Å²) in [6.45, 7) is 16.3. The lowest BCUT2D eigenvalue weighted by molar-refractivity contribution is 0.160. The molecule has 0 bridgehead atoms. The number of hydrogen-bond acceptors (Lipinski definition) is 1. The standard InChI is InChI=1S/C14H27IO/c1-12(2,3)8-13(4,5)10-11(16-10)14(6,7)9-15/h10-11H,8-9H2,1-7H3. The molecule has 1 saturated heterocycles. The minimum Gasteiger partial charge on any atom is -0.368 e. The zero-order valence-electron chi connectivity index (χ0n) is 11.9. The molecule has 1 aliphatic heterocycles. The molecule has 0 aromatic rings. The van der Waals surface area contributed by atoms with Gasteiger partial charge < -0.3 is 4.74 Å². The lowest BCUT2D eigenvalue weighted by atomic mass is 9.71. The SMILES string of the molecule is CC(C)(C)CC(C)(C)C1OC1C(C)(C)CI. The van der Waals surface area contributed by atoms with Crippen LogP contribution in [-0.4, -0.2) is 16.6 Å². The topological polar surface area (TPSA) is 12.5 Å². The molecule has 0 saturated carbocycles. The predicted octanol–water partition coefficient (Wildman–Crippen LogP) is 4.68. The summed E-state index contributed by atoms with van der Waals surface area (Å²) in [6.07, 6.45) is 2.14. The van der Waals surface area contributed by atoms with Crippen LogP contribution in [0.3, 0.4) is 0 Å². The van der Waals surface area contributed by atoms with Gasteiger partial charge in [0.25, 0.3) is 0 Å². The van der Waals surface area contributed by atoms with Crippen LogP contribution in [0, 0.1) is 16.2 Å². The highest BCUT2D eigenvalue weighted by Crippen LogP contribution is 2.51. The molecule has 0 amide bonds. The van der Waals surface area contributed by atoms with Crippen molar-refractivity contribution in [3.8, 4) is 0 Å². The van der Waals surface area contributed by atoms with E-state index in [-0.39, 0.29) is 0 Å². The van der Waals surface area contributed by atoms with Gasteiger partial charge in [0, 0.05) is 9.84 Å². The lowest BCUT2D eigenvalue weighted by Gasteiger charge is -2.32. The Bertz CT molecular complexity index is 250. The summed E-state index contributed by atoms with van der Waals surface area (Å²) >= 11 is 2.47. The van der Waals surface area contributed by atoms with Crippen LogP contribution in [0.5, 0.6) is 0 Å². The second kappa shape index (κ2) is 4.42. The maximum atomic E-state index is 5.98. The molecule has 1 heterocycles. The van der Waals surface area contributed by atoms with Gasteiger partial charge in [-0.05, 0) is 17.3 Å². The molecule has 0 aromatic heterocycles. The van der Waals surface area contributed by atoms with E-state index in [0.29, 0.717) is 28.5 Å². The quantitative estimate of drug-likeness (QED) is 0.412. The summed E-state index contributed by atoms with van der Waals surface area (Å²) in [5.74, 6) is 0. The third-order valence-corrected chi connectivity index (χ3v) is 5.33. The van der Waals surface area contributed by atoms with Gasteiger partial charge in [-0.15, -0.1) is 0 Å². The Morgan fingerprint density at radius 2 is 1.31 bits per heavy atom. The molecular weight excluding hydrogens is 311 g/mol. The normalized spacial score (nSPS) is 27.0. The first-order chi connectivity index (χ1) is 6.99. The molecule has 1 aliphatic rings. The molecule has 0 N–H and O–H groups in total. The Morgan fingerprint density at radius 1 is 0.875 bits per heavy atom. The molecule has 16 heavy (non-hydrogen) atoms. The monoisotopic (exact) mass is 338 g/mol. The van der Waals surface area contributed by atoms with Gasteiger partial charge in [0.15, 0.2) is 0 Å². The van der Waals surface area contributed by atoms with Crippen LogP contribution < -0.4 is 0 Å². The van der Waals surface area contributed by atoms with Gasteiger partial charge >= 0.3 is 0 Å². The van der Waals surface area contributed by atoms with Gasteiger partial charge in [0.1, 0.15) is 0 Å².